The molecule has 0 aliphatic carbocycles. The number of carbonyl (C=O) groups excluding carboxylic acids is 1. The van der Waals surface area contributed by atoms with Crippen LogP contribution in [0.1, 0.15) is 21.6 Å². The number of nitrogens with one attached hydrogen (secondary N) is 1. The molecule has 1 N–H and O–H groups in total. The third-order valence-corrected chi connectivity index (χ3v) is 3.13. The summed E-state index contributed by atoms with van der Waals surface area (Å²) < 4.78 is 4.69. The van der Waals surface area contributed by atoms with Crippen LogP contribution in [0, 0.1) is 6.92 Å². The van der Waals surface area contributed by atoms with Gasteiger partial charge in [0, 0.05) is 11.6 Å². The Morgan fingerprint density at radius 2 is 1.95 bits per heavy atom. The van der Waals surface area contributed by atoms with Crippen LogP contribution in [0.15, 0.2) is 36.4 Å². The molecule has 0 spiro atoms. The predicted molar refractivity (Wildman–Crippen MR) is 79.1 cm³/mol. The zero-order valence-electron chi connectivity index (χ0n) is 11.3. The zero-order valence-corrected chi connectivity index (χ0v) is 12.1. The molecule has 0 amide bonds. The first-order chi connectivity index (χ1) is 9.60. The summed E-state index contributed by atoms with van der Waals surface area (Å²) in [5, 5.41) is 3.91. The van der Waals surface area contributed by atoms with Crippen molar-refractivity contribution < 1.29 is 9.53 Å². The number of methoxy groups -OCH3 is 1. The van der Waals surface area contributed by atoms with Crippen molar-refractivity contribution in [3.63, 3.8) is 0 Å². The average molecular weight is 291 g/mol. The minimum absolute atomic E-state index is 0.376. The smallest absolute Gasteiger partial charge is 0.339 e. The van der Waals surface area contributed by atoms with E-state index in [1.165, 1.54) is 7.11 Å². The number of esters is 1. The lowest BCUT2D eigenvalue weighted by Crippen LogP contribution is -2.08. The molecule has 1 heterocycles. The van der Waals surface area contributed by atoms with Gasteiger partial charge in [-0.25, -0.2) is 9.78 Å². The van der Waals surface area contributed by atoms with Crippen molar-refractivity contribution in [3.05, 3.63) is 58.2 Å². The topological polar surface area (TPSA) is 51.2 Å². The molecule has 0 saturated carbocycles. The second kappa shape index (κ2) is 6.39. The molecule has 20 heavy (non-hydrogen) atoms. The van der Waals surface area contributed by atoms with Gasteiger partial charge in [0.1, 0.15) is 5.82 Å². The SMILES string of the molecule is COC(=O)c1ccc(NCc2ccc(Cl)cc2)nc1C. The van der Waals surface area contributed by atoms with Crippen LogP contribution in [-0.4, -0.2) is 18.1 Å². The number of hydrogen-bond acceptors (Lipinski definition) is 4. The fraction of sp³-hybridized carbons (Fsp3) is 0.200. The van der Waals surface area contributed by atoms with Gasteiger partial charge < -0.3 is 10.1 Å². The minimum Gasteiger partial charge on any atom is -0.465 e. The number of nitrogens with zero attached hydrogens (tertiary/aromatic N) is 1. The van der Waals surface area contributed by atoms with E-state index in [-0.39, 0.29) is 5.97 Å². The Kier molecular flexibility index (Phi) is 4.58. The lowest BCUT2D eigenvalue weighted by atomic mass is 10.2. The van der Waals surface area contributed by atoms with Crippen molar-refractivity contribution >= 4 is 23.4 Å². The second-order valence-corrected chi connectivity index (χ2v) is 4.74. The van der Waals surface area contributed by atoms with E-state index >= 15 is 0 Å². The number of ether oxygens (including phenoxy) is 1. The third kappa shape index (κ3) is 3.48. The van der Waals surface area contributed by atoms with E-state index < -0.39 is 0 Å². The standard InChI is InChI=1S/C15H15ClN2O2/c1-10-13(15(19)20-2)7-8-14(18-10)17-9-11-3-5-12(16)6-4-11/h3-8H,9H2,1-2H3,(H,17,18). The molecule has 0 aliphatic heterocycles. The van der Waals surface area contributed by atoms with Gasteiger partial charge >= 0.3 is 5.97 Å². The maximum absolute atomic E-state index is 11.5. The fourth-order valence-electron chi connectivity index (χ4n) is 1.78. The summed E-state index contributed by atoms with van der Waals surface area (Å²) in [6.07, 6.45) is 0. The van der Waals surface area contributed by atoms with Crippen LogP contribution in [0.2, 0.25) is 5.02 Å². The van der Waals surface area contributed by atoms with Crippen LogP contribution in [0.25, 0.3) is 0 Å². The molecule has 1 aromatic heterocycles. The van der Waals surface area contributed by atoms with Crippen molar-refractivity contribution in [3.8, 4) is 0 Å². The number of rotatable bonds is 4. The molecular formula is C15H15ClN2O2. The molecule has 0 bridgehead atoms. The Bertz CT molecular complexity index is 612. The first-order valence-corrected chi connectivity index (χ1v) is 6.52. The lowest BCUT2D eigenvalue weighted by Gasteiger charge is -2.08. The molecular weight excluding hydrogens is 276 g/mol. The highest BCUT2D eigenvalue weighted by Crippen LogP contribution is 2.14. The van der Waals surface area contributed by atoms with E-state index in [1.807, 2.05) is 24.3 Å². The fourth-order valence-corrected chi connectivity index (χ4v) is 1.91. The summed E-state index contributed by atoms with van der Waals surface area (Å²) in [5.41, 5.74) is 2.22. The van der Waals surface area contributed by atoms with E-state index in [1.54, 1.807) is 19.1 Å². The molecule has 1 aromatic carbocycles. The van der Waals surface area contributed by atoms with Crippen molar-refractivity contribution in [1.82, 2.24) is 4.98 Å². The highest BCUT2D eigenvalue weighted by atomic mass is 35.5. The van der Waals surface area contributed by atoms with E-state index in [0.29, 0.717) is 28.6 Å². The monoisotopic (exact) mass is 290 g/mol. The summed E-state index contributed by atoms with van der Waals surface area (Å²) in [5.74, 6) is 0.337. The molecule has 104 valence electrons. The molecule has 0 aliphatic rings. The molecule has 0 unspecified atom stereocenters. The van der Waals surface area contributed by atoms with Gasteiger partial charge in [0.15, 0.2) is 0 Å². The molecule has 0 atom stereocenters. The second-order valence-electron chi connectivity index (χ2n) is 4.30. The largest absolute Gasteiger partial charge is 0.465 e. The number of halogens is 1. The first kappa shape index (κ1) is 14.3. The van der Waals surface area contributed by atoms with Crippen LogP contribution in [0.4, 0.5) is 5.82 Å². The number of carbonyl (C=O) groups is 1. The number of benzene rings is 1. The lowest BCUT2D eigenvalue weighted by molar-refractivity contribution is 0.0599. The average Bonchev–Trinajstić information content (AvgIpc) is 2.46. The van der Waals surface area contributed by atoms with Crippen molar-refractivity contribution in [2.45, 2.75) is 13.5 Å². The summed E-state index contributed by atoms with van der Waals surface area (Å²) in [4.78, 5) is 15.8. The summed E-state index contributed by atoms with van der Waals surface area (Å²) >= 11 is 5.83. The third-order valence-electron chi connectivity index (χ3n) is 2.88. The molecule has 2 aromatic rings. The Balaban J connectivity index is 2.05. The first-order valence-electron chi connectivity index (χ1n) is 6.14. The van der Waals surface area contributed by atoms with Crippen LogP contribution >= 0.6 is 11.6 Å². The van der Waals surface area contributed by atoms with Gasteiger partial charge in [-0.3, -0.25) is 0 Å². The van der Waals surface area contributed by atoms with E-state index in [9.17, 15) is 4.79 Å². The molecule has 5 heteroatoms. The maximum atomic E-state index is 11.5. The highest BCUT2D eigenvalue weighted by molar-refractivity contribution is 6.30. The summed E-state index contributed by atoms with van der Waals surface area (Å²) in [7, 11) is 1.36. The van der Waals surface area contributed by atoms with E-state index in [0.717, 1.165) is 5.56 Å². The van der Waals surface area contributed by atoms with Crippen molar-refractivity contribution in [1.29, 1.82) is 0 Å². The van der Waals surface area contributed by atoms with Crippen LogP contribution in [-0.2, 0) is 11.3 Å². The van der Waals surface area contributed by atoms with Gasteiger partial charge in [0.2, 0.25) is 0 Å². The quantitative estimate of drug-likeness (QED) is 0.876. The zero-order chi connectivity index (χ0) is 14.5. The van der Waals surface area contributed by atoms with Crippen LogP contribution < -0.4 is 5.32 Å². The van der Waals surface area contributed by atoms with E-state index in [4.69, 9.17) is 11.6 Å². The Morgan fingerprint density at radius 3 is 2.55 bits per heavy atom. The molecule has 4 nitrogen and oxygen atoms in total. The number of pyridine rings is 1. The number of aryl methyl sites for hydroxylation is 1. The van der Waals surface area contributed by atoms with Gasteiger partial charge in [-0.15, -0.1) is 0 Å². The Morgan fingerprint density at radius 1 is 1.25 bits per heavy atom. The van der Waals surface area contributed by atoms with Gasteiger partial charge in [0.05, 0.1) is 18.4 Å². The van der Waals surface area contributed by atoms with Crippen LogP contribution in [0.3, 0.4) is 0 Å². The minimum atomic E-state index is -0.376. The van der Waals surface area contributed by atoms with Gasteiger partial charge in [-0.05, 0) is 36.8 Å². The molecule has 0 radical (unpaired) electrons. The van der Waals surface area contributed by atoms with E-state index in [2.05, 4.69) is 15.0 Å². The van der Waals surface area contributed by atoms with Gasteiger partial charge in [0.25, 0.3) is 0 Å². The number of aromatic nitrogens is 1. The molecule has 0 fully saturated rings. The summed E-state index contributed by atoms with van der Waals surface area (Å²) in [6.45, 7) is 2.42. The molecule has 0 saturated heterocycles. The Hall–Kier alpha value is -2.07. The predicted octanol–water partition coefficient (Wildman–Crippen LogP) is 3.44. The molecule has 2 rings (SSSR count). The van der Waals surface area contributed by atoms with Crippen LogP contribution in [0.5, 0.6) is 0 Å². The van der Waals surface area contributed by atoms with Gasteiger partial charge in [-0.2, -0.15) is 0 Å². The van der Waals surface area contributed by atoms with Crippen molar-refractivity contribution in [2.24, 2.45) is 0 Å². The van der Waals surface area contributed by atoms with Crippen molar-refractivity contribution in [2.75, 3.05) is 12.4 Å². The van der Waals surface area contributed by atoms with Gasteiger partial charge in [-0.1, -0.05) is 23.7 Å². The Labute approximate surface area is 122 Å². The normalized spacial score (nSPS) is 10.2. The maximum Gasteiger partial charge on any atom is 0.339 e. The highest BCUT2D eigenvalue weighted by Gasteiger charge is 2.10. The summed E-state index contributed by atoms with van der Waals surface area (Å²) in [6, 6.07) is 11.1. The number of hydrogen-bond donors (Lipinski definition) is 1. The number of anilines is 1.